The zero-order valence-corrected chi connectivity index (χ0v) is 17.5. The zero-order chi connectivity index (χ0) is 19.1. The fourth-order valence-electron chi connectivity index (χ4n) is 4.85. The maximum absolute atomic E-state index is 6.37. The first kappa shape index (κ1) is 20.7. The lowest BCUT2D eigenvalue weighted by Gasteiger charge is -2.41. The molecule has 0 saturated heterocycles. The molecule has 1 aromatic carbocycles. The highest BCUT2D eigenvalue weighted by Gasteiger charge is 2.35. The Labute approximate surface area is 165 Å². The summed E-state index contributed by atoms with van der Waals surface area (Å²) in [6.45, 7) is 7.65. The Morgan fingerprint density at radius 2 is 1.70 bits per heavy atom. The van der Waals surface area contributed by atoms with E-state index in [2.05, 4.69) is 38.1 Å². The van der Waals surface area contributed by atoms with Gasteiger partial charge in [-0.05, 0) is 68.1 Å². The first-order chi connectivity index (χ1) is 13.2. The van der Waals surface area contributed by atoms with Crippen LogP contribution in [-0.2, 0) is 9.47 Å². The van der Waals surface area contributed by atoms with Crippen molar-refractivity contribution in [1.82, 2.24) is 0 Å². The molecule has 2 fully saturated rings. The van der Waals surface area contributed by atoms with Crippen molar-refractivity contribution in [3.05, 3.63) is 29.8 Å². The van der Waals surface area contributed by atoms with Crippen LogP contribution in [0.1, 0.15) is 83.6 Å². The van der Waals surface area contributed by atoms with Gasteiger partial charge < -0.3 is 14.2 Å². The molecule has 152 valence electrons. The van der Waals surface area contributed by atoms with Gasteiger partial charge in [0.2, 0.25) is 6.29 Å². The first-order valence-electron chi connectivity index (χ1n) is 11.2. The van der Waals surface area contributed by atoms with Crippen molar-refractivity contribution in [2.45, 2.75) is 90.4 Å². The predicted octanol–water partition coefficient (Wildman–Crippen LogP) is 6.32. The van der Waals surface area contributed by atoms with Gasteiger partial charge in [0.05, 0.1) is 6.10 Å². The average molecular weight is 375 g/mol. The van der Waals surface area contributed by atoms with Gasteiger partial charge in [-0.3, -0.25) is 0 Å². The minimum Gasteiger partial charge on any atom is -0.462 e. The van der Waals surface area contributed by atoms with E-state index in [0.29, 0.717) is 25.2 Å². The van der Waals surface area contributed by atoms with Crippen LogP contribution in [0.15, 0.2) is 24.3 Å². The van der Waals surface area contributed by atoms with Crippen LogP contribution in [0.3, 0.4) is 0 Å². The lowest BCUT2D eigenvalue weighted by molar-refractivity contribution is -0.149. The van der Waals surface area contributed by atoms with E-state index in [4.69, 9.17) is 14.2 Å². The number of rotatable bonds is 9. The summed E-state index contributed by atoms with van der Waals surface area (Å²) in [7, 11) is 0. The van der Waals surface area contributed by atoms with Crippen molar-refractivity contribution in [2.24, 2.45) is 11.8 Å². The van der Waals surface area contributed by atoms with E-state index in [9.17, 15) is 0 Å². The summed E-state index contributed by atoms with van der Waals surface area (Å²) in [5.74, 6) is 3.09. The van der Waals surface area contributed by atoms with Gasteiger partial charge in [-0.25, -0.2) is 0 Å². The SMILES string of the molecule is CCOC(COC1CCCC2CCCCC21)Oc1ccc(C(C)CC)cc1. The van der Waals surface area contributed by atoms with E-state index in [-0.39, 0.29) is 6.29 Å². The Balaban J connectivity index is 1.54. The lowest BCUT2D eigenvalue weighted by atomic mass is 9.69. The molecule has 3 heteroatoms. The number of hydrogen-bond donors (Lipinski definition) is 0. The van der Waals surface area contributed by atoms with Crippen molar-refractivity contribution in [3.8, 4) is 5.75 Å². The lowest BCUT2D eigenvalue weighted by Crippen LogP contribution is -2.39. The van der Waals surface area contributed by atoms with Crippen LogP contribution in [0.25, 0.3) is 0 Å². The standard InChI is InChI=1S/C24H38O3/c1-4-18(3)19-13-15-21(16-14-19)27-24(25-5-2)17-26-23-12-8-10-20-9-6-7-11-22(20)23/h13-16,18,20,22-24H,4-12,17H2,1-3H3. The second-order valence-corrected chi connectivity index (χ2v) is 8.39. The molecule has 0 aliphatic heterocycles. The first-order valence-corrected chi connectivity index (χ1v) is 11.2. The molecule has 27 heavy (non-hydrogen) atoms. The molecule has 0 amide bonds. The monoisotopic (exact) mass is 374 g/mol. The van der Waals surface area contributed by atoms with Gasteiger partial charge in [0.15, 0.2) is 0 Å². The molecule has 0 spiro atoms. The van der Waals surface area contributed by atoms with Crippen LogP contribution in [0, 0.1) is 11.8 Å². The largest absolute Gasteiger partial charge is 0.462 e. The van der Waals surface area contributed by atoms with Crippen LogP contribution >= 0.6 is 0 Å². The molecule has 0 aromatic heterocycles. The quantitative estimate of drug-likeness (QED) is 0.474. The summed E-state index contributed by atoms with van der Waals surface area (Å²) >= 11 is 0. The molecule has 0 radical (unpaired) electrons. The zero-order valence-electron chi connectivity index (χ0n) is 17.5. The van der Waals surface area contributed by atoms with Gasteiger partial charge in [0.25, 0.3) is 0 Å². The highest BCUT2D eigenvalue weighted by atomic mass is 16.7. The number of benzene rings is 1. The second kappa shape index (κ2) is 10.5. The van der Waals surface area contributed by atoms with Gasteiger partial charge in [0.1, 0.15) is 12.4 Å². The van der Waals surface area contributed by atoms with Crippen LogP contribution in [0.2, 0.25) is 0 Å². The molecule has 0 heterocycles. The van der Waals surface area contributed by atoms with Crippen LogP contribution in [0.5, 0.6) is 5.75 Å². The fourth-order valence-corrected chi connectivity index (χ4v) is 4.85. The number of fused-ring (bicyclic) bond motifs is 1. The molecule has 1 aromatic rings. The van der Waals surface area contributed by atoms with Crippen molar-refractivity contribution in [1.29, 1.82) is 0 Å². The van der Waals surface area contributed by atoms with Crippen LogP contribution in [0.4, 0.5) is 0 Å². The Morgan fingerprint density at radius 1 is 0.963 bits per heavy atom. The Bertz CT molecular complexity index is 539. The van der Waals surface area contributed by atoms with Gasteiger partial charge in [-0.2, -0.15) is 0 Å². The van der Waals surface area contributed by atoms with Crippen molar-refractivity contribution in [2.75, 3.05) is 13.2 Å². The second-order valence-electron chi connectivity index (χ2n) is 8.39. The van der Waals surface area contributed by atoms with Crippen molar-refractivity contribution in [3.63, 3.8) is 0 Å². The normalized spacial score (nSPS) is 27.6. The number of ether oxygens (including phenoxy) is 3. The van der Waals surface area contributed by atoms with Gasteiger partial charge in [-0.15, -0.1) is 0 Å². The van der Waals surface area contributed by atoms with Crippen molar-refractivity contribution < 1.29 is 14.2 Å². The molecule has 5 atom stereocenters. The Hall–Kier alpha value is -1.06. The van der Waals surface area contributed by atoms with Crippen LogP contribution in [-0.4, -0.2) is 25.6 Å². The maximum atomic E-state index is 6.37. The summed E-state index contributed by atoms with van der Waals surface area (Å²) in [6, 6.07) is 8.46. The topological polar surface area (TPSA) is 27.7 Å². The molecule has 5 unspecified atom stereocenters. The fraction of sp³-hybridized carbons (Fsp3) is 0.750. The molecule has 0 N–H and O–H groups in total. The molecule has 2 aliphatic carbocycles. The predicted molar refractivity (Wildman–Crippen MR) is 110 cm³/mol. The molecular formula is C24H38O3. The summed E-state index contributed by atoms with van der Waals surface area (Å²) < 4.78 is 18.3. The summed E-state index contributed by atoms with van der Waals surface area (Å²) in [5, 5.41) is 0. The molecule has 0 bridgehead atoms. The van der Waals surface area contributed by atoms with E-state index >= 15 is 0 Å². The highest BCUT2D eigenvalue weighted by molar-refractivity contribution is 5.29. The molecule has 2 aliphatic rings. The molecule has 3 nitrogen and oxygen atoms in total. The van der Waals surface area contributed by atoms with Gasteiger partial charge in [-0.1, -0.05) is 51.7 Å². The summed E-state index contributed by atoms with van der Waals surface area (Å²) in [4.78, 5) is 0. The van der Waals surface area contributed by atoms with E-state index in [1.54, 1.807) is 0 Å². The third-order valence-electron chi connectivity index (χ3n) is 6.64. The van der Waals surface area contributed by atoms with E-state index in [1.165, 1.54) is 50.5 Å². The third-order valence-corrected chi connectivity index (χ3v) is 6.64. The van der Waals surface area contributed by atoms with E-state index < -0.39 is 0 Å². The van der Waals surface area contributed by atoms with Crippen molar-refractivity contribution >= 4 is 0 Å². The maximum Gasteiger partial charge on any atom is 0.223 e. The number of hydrogen-bond acceptors (Lipinski definition) is 3. The third kappa shape index (κ3) is 5.71. The van der Waals surface area contributed by atoms with E-state index in [0.717, 1.165) is 24.0 Å². The molecule has 3 rings (SSSR count). The minimum absolute atomic E-state index is 0.326. The molecular weight excluding hydrogens is 336 g/mol. The van der Waals surface area contributed by atoms with Gasteiger partial charge >= 0.3 is 0 Å². The highest BCUT2D eigenvalue weighted by Crippen LogP contribution is 2.41. The summed E-state index contributed by atoms with van der Waals surface area (Å²) in [5.41, 5.74) is 1.36. The van der Waals surface area contributed by atoms with Gasteiger partial charge in [0, 0.05) is 6.61 Å². The molecule has 2 saturated carbocycles. The summed E-state index contributed by atoms with van der Waals surface area (Å²) in [6.07, 6.45) is 10.6. The van der Waals surface area contributed by atoms with E-state index in [1.807, 2.05) is 6.92 Å². The Morgan fingerprint density at radius 3 is 2.44 bits per heavy atom. The average Bonchev–Trinajstić information content (AvgIpc) is 2.72. The minimum atomic E-state index is -0.326. The smallest absolute Gasteiger partial charge is 0.223 e. The Kier molecular flexibility index (Phi) is 8.02. The van der Waals surface area contributed by atoms with Crippen LogP contribution < -0.4 is 4.74 Å².